The summed E-state index contributed by atoms with van der Waals surface area (Å²) in [4.78, 5) is 37.8. The summed E-state index contributed by atoms with van der Waals surface area (Å²) in [7, 11) is 1.65. The Morgan fingerprint density at radius 2 is 2.12 bits per heavy atom. The van der Waals surface area contributed by atoms with E-state index in [0.717, 1.165) is 12.8 Å². The summed E-state index contributed by atoms with van der Waals surface area (Å²) >= 11 is 0. The Morgan fingerprint density at radius 1 is 1.38 bits per heavy atom. The molecule has 0 aliphatic carbocycles. The Hall–Kier alpha value is -2.31. The molecule has 1 atom stereocenters. The van der Waals surface area contributed by atoms with Crippen molar-refractivity contribution in [2.24, 2.45) is 18.9 Å². The Kier molecular flexibility index (Phi) is 6.00. The number of anilines is 1. The molecule has 7 heteroatoms. The second kappa shape index (κ2) is 7.99. The molecule has 2 heterocycles. The molecule has 1 aromatic rings. The summed E-state index contributed by atoms with van der Waals surface area (Å²) in [6.07, 6.45) is 3.52. The minimum absolute atomic E-state index is 0.0318. The average molecular weight is 334 g/mol. The minimum Gasteiger partial charge on any atom is -0.356 e. The molecule has 1 saturated heterocycles. The Balaban J connectivity index is 1.91. The van der Waals surface area contributed by atoms with Gasteiger partial charge >= 0.3 is 6.03 Å². The molecule has 2 rings (SSSR count). The van der Waals surface area contributed by atoms with Crippen LogP contribution in [-0.2, 0) is 11.8 Å². The van der Waals surface area contributed by atoms with Crippen molar-refractivity contribution in [3.8, 4) is 0 Å². The zero-order valence-electron chi connectivity index (χ0n) is 14.5. The molecular formula is C17H26N4O3. The summed E-state index contributed by atoms with van der Waals surface area (Å²) in [6, 6.07) is 3.06. The Labute approximate surface area is 142 Å². The maximum atomic E-state index is 12.4. The molecular weight excluding hydrogens is 308 g/mol. The number of nitrogens with one attached hydrogen (secondary N) is 2. The van der Waals surface area contributed by atoms with E-state index in [0.29, 0.717) is 19.6 Å². The third-order valence-electron chi connectivity index (χ3n) is 4.26. The minimum atomic E-state index is -0.266. The highest BCUT2D eigenvalue weighted by Crippen LogP contribution is 2.17. The first-order valence-electron chi connectivity index (χ1n) is 8.37. The van der Waals surface area contributed by atoms with Crippen LogP contribution in [0.3, 0.4) is 0 Å². The molecule has 0 radical (unpaired) electrons. The van der Waals surface area contributed by atoms with E-state index in [4.69, 9.17) is 0 Å². The van der Waals surface area contributed by atoms with E-state index in [-0.39, 0.29) is 35.0 Å². The molecule has 1 fully saturated rings. The number of rotatable bonds is 4. The number of urea groups is 1. The fourth-order valence-electron chi connectivity index (χ4n) is 2.75. The number of amides is 3. The summed E-state index contributed by atoms with van der Waals surface area (Å²) in [5.74, 6) is 0.234. The number of pyridine rings is 1. The number of aryl methyl sites for hydroxylation is 1. The maximum Gasteiger partial charge on any atom is 0.322 e. The van der Waals surface area contributed by atoms with Gasteiger partial charge in [0.2, 0.25) is 5.91 Å². The van der Waals surface area contributed by atoms with Crippen molar-refractivity contribution in [1.82, 2.24) is 14.8 Å². The molecule has 0 spiro atoms. The summed E-state index contributed by atoms with van der Waals surface area (Å²) in [6.45, 7) is 5.53. The first-order valence-corrected chi connectivity index (χ1v) is 8.37. The van der Waals surface area contributed by atoms with Crippen LogP contribution in [-0.4, -0.2) is 41.0 Å². The van der Waals surface area contributed by atoms with Crippen LogP contribution in [0, 0.1) is 11.8 Å². The largest absolute Gasteiger partial charge is 0.356 e. The normalized spacial score (nSPS) is 17.7. The molecule has 1 unspecified atom stereocenters. The lowest BCUT2D eigenvalue weighted by Crippen LogP contribution is -2.46. The van der Waals surface area contributed by atoms with Crippen molar-refractivity contribution in [3.63, 3.8) is 0 Å². The molecule has 0 saturated carbocycles. The van der Waals surface area contributed by atoms with Crippen molar-refractivity contribution in [3.05, 3.63) is 28.7 Å². The van der Waals surface area contributed by atoms with Crippen molar-refractivity contribution >= 4 is 17.6 Å². The van der Waals surface area contributed by atoms with Crippen LogP contribution in [0.15, 0.2) is 23.1 Å². The van der Waals surface area contributed by atoms with Crippen molar-refractivity contribution < 1.29 is 9.59 Å². The molecule has 1 aliphatic heterocycles. The van der Waals surface area contributed by atoms with Gasteiger partial charge in [0.1, 0.15) is 5.69 Å². The van der Waals surface area contributed by atoms with E-state index >= 15 is 0 Å². The molecule has 7 nitrogen and oxygen atoms in total. The van der Waals surface area contributed by atoms with Crippen molar-refractivity contribution in [1.29, 1.82) is 0 Å². The SMILES string of the molecule is CC(C)C(=O)NCC1CCCN(C(=O)Nc2cccn(C)c2=O)C1. The first kappa shape index (κ1) is 18.0. The Morgan fingerprint density at radius 3 is 2.83 bits per heavy atom. The van der Waals surface area contributed by atoms with Crippen LogP contribution in [0.25, 0.3) is 0 Å². The molecule has 1 aliphatic rings. The first-order chi connectivity index (χ1) is 11.4. The lowest BCUT2D eigenvalue weighted by atomic mass is 9.98. The number of carbonyl (C=O) groups is 2. The predicted molar refractivity (Wildman–Crippen MR) is 92.8 cm³/mol. The predicted octanol–water partition coefficient (Wildman–Crippen LogP) is 1.40. The molecule has 1 aromatic heterocycles. The van der Waals surface area contributed by atoms with Crippen LogP contribution in [0.4, 0.5) is 10.5 Å². The van der Waals surface area contributed by atoms with Crippen molar-refractivity contribution in [2.75, 3.05) is 25.0 Å². The van der Waals surface area contributed by atoms with E-state index < -0.39 is 0 Å². The van der Waals surface area contributed by atoms with Gasteiger partial charge in [0.25, 0.3) is 5.56 Å². The van der Waals surface area contributed by atoms with Crippen LogP contribution < -0.4 is 16.2 Å². The molecule has 0 aromatic carbocycles. The van der Waals surface area contributed by atoms with Crippen LogP contribution in [0.5, 0.6) is 0 Å². The topological polar surface area (TPSA) is 83.4 Å². The van der Waals surface area contributed by atoms with E-state index in [9.17, 15) is 14.4 Å². The smallest absolute Gasteiger partial charge is 0.322 e. The number of aromatic nitrogens is 1. The van der Waals surface area contributed by atoms with E-state index in [1.807, 2.05) is 13.8 Å². The second-order valence-corrected chi connectivity index (χ2v) is 6.62. The average Bonchev–Trinajstić information content (AvgIpc) is 2.57. The zero-order chi connectivity index (χ0) is 17.7. The number of likely N-dealkylation sites (tertiary alicyclic amines) is 1. The highest BCUT2D eigenvalue weighted by atomic mass is 16.2. The summed E-state index contributed by atoms with van der Waals surface area (Å²) in [5, 5.41) is 5.62. The van der Waals surface area contributed by atoms with Crippen molar-refractivity contribution in [2.45, 2.75) is 26.7 Å². The van der Waals surface area contributed by atoms with Gasteiger partial charge in [0, 0.05) is 38.8 Å². The zero-order valence-corrected chi connectivity index (χ0v) is 14.5. The van der Waals surface area contributed by atoms with E-state index in [2.05, 4.69) is 10.6 Å². The number of piperidine rings is 1. The van der Waals surface area contributed by atoms with Gasteiger partial charge in [-0.25, -0.2) is 4.79 Å². The number of carbonyl (C=O) groups excluding carboxylic acids is 2. The second-order valence-electron chi connectivity index (χ2n) is 6.62. The third-order valence-corrected chi connectivity index (χ3v) is 4.26. The van der Waals surface area contributed by atoms with Gasteiger partial charge in [-0.3, -0.25) is 9.59 Å². The van der Waals surface area contributed by atoms with Gasteiger partial charge in [-0.1, -0.05) is 13.8 Å². The van der Waals surface area contributed by atoms with Crippen LogP contribution in [0.1, 0.15) is 26.7 Å². The quantitative estimate of drug-likeness (QED) is 0.873. The van der Waals surface area contributed by atoms with Crippen LogP contribution >= 0.6 is 0 Å². The standard InChI is InChI=1S/C17H26N4O3/c1-12(2)15(22)18-10-13-6-4-9-21(11-13)17(24)19-14-7-5-8-20(3)16(14)23/h5,7-8,12-13H,4,6,9-11H2,1-3H3,(H,18,22)(H,19,24). The number of hydrogen-bond donors (Lipinski definition) is 2. The van der Waals surface area contributed by atoms with Gasteiger partial charge in [-0.05, 0) is 30.9 Å². The summed E-state index contributed by atoms with van der Waals surface area (Å²) < 4.78 is 1.43. The van der Waals surface area contributed by atoms with Gasteiger partial charge < -0.3 is 20.1 Å². The van der Waals surface area contributed by atoms with Gasteiger partial charge in [-0.15, -0.1) is 0 Å². The molecule has 132 valence electrons. The third kappa shape index (κ3) is 4.59. The van der Waals surface area contributed by atoms with Crippen LogP contribution in [0.2, 0.25) is 0 Å². The summed E-state index contributed by atoms with van der Waals surface area (Å²) in [5.41, 5.74) is 0.0452. The molecule has 24 heavy (non-hydrogen) atoms. The Bertz CT molecular complexity index is 653. The molecule has 3 amide bonds. The van der Waals surface area contributed by atoms with E-state index in [1.165, 1.54) is 4.57 Å². The monoisotopic (exact) mass is 334 g/mol. The molecule has 0 bridgehead atoms. The highest BCUT2D eigenvalue weighted by Gasteiger charge is 2.24. The lowest BCUT2D eigenvalue weighted by molar-refractivity contribution is -0.124. The maximum absolute atomic E-state index is 12.4. The highest BCUT2D eigenvalue weighted by molar-refractivity contribution is 5.89. The number of hydrogen-bond acceptors (Lipinski definition) is 3. The lowest BCUT2D eigenvalue weighted by Gasteiger charge is -2.33. The number of nitrogens with zero attached hydrogens (tertiary/aromatic N) is 2. The van der Waals surface area contributed by atoms with Gasteiger partial charge in [0.05, 0.1) is 0 Å². The fraction of sp³-hybridized carbons (Fsp3) is 0.588. The molecule has 2 N–H and O–H groups in total. The fourth-order valence-corrected chi connectivity index (χ4v) is 2.75. The van der Waals surface area contributed by atoms with E-state index in [1.54, 1.807) is 30.3 Å². The van der Waals surface area contributed by atoms with Gasteiger partial charge in [-0.2, -0.15) is 0 Å². The van der Waals surface area contributed by atoms with Gasteiger partial charge in [0.15, 0.2) is 0 Å².